The van der Waals surface area contributed by atoms with Crippen molar-refractivity contribution >= 4 is 15.9 Å². The molecule has 1 heterocycles. The predicted octanol–water partition coefficient (Wildman–Crippen LogP) is 0.328. The summed E-state index contributed by atoms with van der Waals surface area (Å²) in [6.07, 6.45) is 0. The van der Waals surface area contributed by atoms with Crippen molar-refractivity contribution in [1.82, 2.24) is 4.31 Å². The van der Waals surface area contributed by atoms with Gasteiger partial charge in [0, 0.05) is 18.7 Å². The molecule has 0 saturated carbocycles. The van der Waals surface area contributed by atoms with E-state index in [-0.39, 0.29) is 6.61 Å². The first-order valence-electron chi connectivity index (χ1n) is 6.59. The van der Waals surface area contributed by atoms with Gasteiger partial charge < -0.3 is 9.84 Å². The van der Waals surface area contributed by atoms with Crippen molar-refractivity contribution in [1.29, 1.82) is 0 Å². The summed E-state index contributed by atoms with van der Waals surface area (Å²) in [4.78, 5) is 0. The molecule has 0 atom stereocenters. The topological polar surface area (TPSA) is 78.9 Å². The Kier molecular flexibility index (Phi) is 5.20. The fourth-order valence-corrected chi connectivity index (χ4v) is 3.18. The number of morpholine rings is 1. The fourth-order valence-electron chi connectivity index (χ4n) is 1.98. The van der Waals surface area contributed by atoms with Crippen molar-refractivity contribution in [2.75, 3.05) is 37.6 Å². The van der Waals surface area contributed by atoms with Crippen LogP contribution in [0.15, 0.2) is 18.2 Å². The van der Waals surface area contributed by atoms with Gasteiger partial charge in [-0.05, 0) is 24.6 Å². The van der Waals surface area contributed by atoms with Crippen LogP contribution in [0.25, 0.3) is 0 Å². The molecule has 0 spiro atoms. The third-order valence-electron chi connectivity index (χ3n) is 3.03. The van der Waals surface area contributed by atoms with Gasteiger partial charge in [-0.2, -0.15) is 12.7 Å². The Morgan fingerprint density at radius 1 is 1.38 bits per heavy atom. The molecule has 0 aliphatic carbocycles. The van der Waals surface area contributed by atoms with E-state index in [1.165, 1.54) is 4.31 Å². The summed E-state index contributed by atoms with van der Waals surface area (Å²) in [5.41, 5.74) is 1.87. The van der Waals surface area contributed by atoms with E-state index in [1.807, 2.05) is 13.0 Å². The van der Waals surface area contributed by atoms with Crippen LogP contribution in [0.1, 0.15) is 11.1 Å². The van der Waals surface area contributed by atoms with E-state index in [0.29, 0.717) is 37.6 Å². The van der Waals surface area contributed by atoms with Gasteiger partial charge in [-0.1, -0.05) is 17.9 Å². The minimum absolute atomic E-state index is 0.274. The van der Waals surface area contributed by atoms with Crippen LogP contribution in [-0.2, 0) is 14.9 Å². The molecular weight excluding hydrogens is 292 g/mol. The van der Waals surface area contributed by atoms with Crippen LogP contribution in [0, 0.1) is 18.8 Å². The second kappa shape index (κ2) is 6.91. The molecule has 1 fully saturated rings. The SMILES string of the molecule is Cc1ccc(C#CCO)c(NS(=O)(=O)N2CCOCC2)c1. The molecule has 6 nitrogen and oxygen atoms in total. The maximum atomic E-state index is 12.4. The van der Waals surface area contributed by atoms with Gasteiger partial charge in [0.05, 0.1) is 18.9 Å². The molecule has 2 rings (SSSR count). The largest absolute Gasteiger partial charge is 0.384 e. The van der Waals surface area contributed by atoms with Crippen molar-refractivity contribution in [2.45, 2.75) is 6.92 Å². The molecular formula is C14H18N2O4S. The summed E-state index contributed by atoms with van der Waals surface area (Å²) in [7, 11) is -3.63. The first-order chi connectivity index (χ1) is 10.0. The highest BCUT2D eigenvalue weighted by Crippen LogP contribution is 2.19. The Morgan fingerprint density at radius 3 is 2.76 bits per heavy atom. The molecule has 21 heavy (non-hydrogen) atoms. The lowest BCUT2D eigenvalue weighted by atomic mass is 10.1. The highest BCUT2D eigenvalue weighted by atomic mass is 32.2. The van der Waals surface area contributed by atoms with E-state index in [4.69, 9.17) is 9.84 Å². The molecule has 0 aromatic heterocycles. The Labute approximate surface area is 124 Å². The monoisotopic (exact) mass is 310 g/mol. The lowest BCUT2D eigenvalue weighted by molar-refractivity contribution is 0.0733. The number of aryl methyl sites for hydroxylation is 1. The minimum Gasteiger partial charge on any atom is -0.384 e. The maximum absolute atomic E-state index is 12.4. The Morgan fingerprint density at radius 2 is 2.10 bits per heavy atom. The molecule has 7 heteroatoms. The van der Waals surface area contributed by atoms with Gasteiger partial charge in [0.15, 0.2) is 0 Å². The number of ether oxygens (including phenoxy) is 1. The zero-order valence-corrected chi connectivity index (χ0v) is 12.6. The Hall–Kier alpha value is -1.59. The van der Waals surface area contributed by atoms with Gasteiger partial charge in [0.1, 0.15) is 6.61 Å². The fraction of sp³-hybridized carbons (Fsp3) is 0.429. The number of benzene rings is 1. The molecule has 0 unspecified atom stereocenters. The molecule has 0 radical (unpaired) electrons. The van der Waals surface area contributed by atoms with Crippen LogP contribution < -0.4 is 4.72 Å². The van der Waals surface area contributed by atoms with Gasteiger partial charge in [0.2, 0.25) is 0 Å². The number of aliphatic hydroxyl groups excluding tert-OH is 1. The predicted molar refractivity (Wildman–Crippen MR) is 80.1 cm³/mol. The average Bonchev–Trinajstić information content (AvgIpc) is 2.47. The maximum Gasteiger partial charge on any atom is 0.301 e. The van der Waals surface area contributed by atoms with E-state index in [1.54, 1.807) is 12.1 Å². The highest BCUT2D eigenvalue weighted by Gasteiger charge is 2.24. The Bertz CT molecular complexity index is 655. The molecule has 1 aliphatic rings. The number of anilines is 1. The quantitative estimate of drug-likeness (QED) is 0.789. The van der Waals surface area contributed by atoms with E-state index in [0.717, 1.165) is 5.56 Å². The normalized spacial score (nSPS) is 16.1. The summed E-state index contributed by atoms with van der Waals surface area (Å²) in [6.45, 7) is 3.05. The number of rotatable bonds is 3. The van der Waals surface area contributed by atoms with Crippen molar-refractivity contribution in [3.8, 4) is 11.8 Å². The number of aliphatic hydroxyl groups is 1. The third kappa shape index (κ3) is 4.19. The molecule has 2 N–H and O–H groups in total. The van der Waals surface area contributed by atoms with Crippen LogP contribution in [0.3, 0.4) is 0 Å². The zero-order valence-electron chi connectivity index (χ0n) is 11.8. The molecule has 0 amide bonds. The van der Waals surface area contributed by atoms with E-state index < -0.39 is 10.2 Å². The first kappa shape index (κ1) is 15.8. The summed E-state index contributed by atoms with van der Waals surface area (Å²) in [5.74, 6) is 5.27. The van der Waals surface area contributed by atoms with E-state index in [9.17, 15) is 8.42 Å². The number of nitrogens with one attached hydrogen (secondary N) is 1. The van der Waals surface area contributed by atoms with Crippen LogP contribution in [0.5, 0.6) is 0 Å². The number of nitrogens with zero attached hydrogens (tertiary/aromatic N) is 1. The minimum atomic E-state index is -3.63. The lowest BCUT2D eigenvalue weighted by Crippen LogP contribution is -2.43. The lowest BCUT2D eigenvalue weighted by Gasteiger charge is -2.26. The molecule has 1 aromatic rings. The molecule has 114 valence electrons. The van der Waals surface area contributed by atoms with Gasteiger partial charge in [-0.15, -0.1) is 0 Å². The molecule has 1 aromatic carbocycles. The molecule has 1 saturated heterocycles. The van der Waals surface area contributed by atoms with Crippen molar-refractivity contribution in [2.24, 2.45) is 0 Å². The van der Waals surface area contributed by atoms with E-state index in [2.05, 4.69) is 16.6 Å². The smallest absolute Gasteiger partial charge is 0.301 e. The summed E-state index contributed by atoms with van der Waals surface area (Å²) in [6, 6.07) is 5.29. The van der Waals surface area contributed by atoms with Crippen LogP contribution in [0.2, 0.25) is 0 Å². The third-order valence-corrected chi connectivity index (χ3v) is 4.55. The van der Waals surface area contributed by atoms with Gasteiger partial charge in [-0.3, -0.25) is 4.72 Å². The van der Waals surface area contributed by atoms with Crippen LogP contribution in [-0.4, -0.2) is 50.7 Å². The second-order valence-electron chi connectivity index (χ2n) is 4.63. The average molecular weight is 310 g/mol. The number of hydrogen-bond acceptors (Lipinski definition) is 4. The van der Waals surface area contributed by atoms with Gasteiger partial charge >= 0.3 is 10.2 Å². The standard InChI is InChI=1S/C14H18N2O4S/c1-12-4-5-13(3-2-8-17)14(11-12)15-21(18,19)16-6-9-20-10-7-16/h4-5,11,15,17H,6-10H2,1H3. The first-order valence-corrected chi connectivity index (χ1v) is 8.03. The molecule has 0 bridgehead atoms. The van der Waals surface area contributed by atoms with Crippen molar-refractivity contribution in [3.05, 3.63) is 29.3 Å². The van der Waals surface area contributed by atoms with Gasteiger partial charge in [0.25, 0.3) is 0 Å². The van der Waals surface area contributed by atoms with Crippen LogP contribution >= 0.6 is 0 Å². The zero-order chi connectivity index (χ0) is 15.3. The van der Waals surface area contributed by atoms with E-state index >= 15 is 0 Å². The van der Waals surface area contributed by atoms with Crippen molar-refractivity contribution < 1.29 is 18.3 Å². The summed E-state index contributed by atoms with van der Waals surface area (Å²) >= 11 is 0. The van der Waals surface area contributed by atoms with Crippen molar-refractivity contribution in [3.63, 3.8) is 0 Å². The second-order valence-corrected chi connectivity index (χ2v) is 6.30. The van der Waals surface area contributed by atoms with Gasteiger partial charge in [-0.25, -0.2) is 0 Å². The highest BCUT2D eigenvalue weighted by molar-refractivity contribution is 7.90. The Balaban J connectivity index is 2.27. The molecule has 1 aliphatic heterocycles. The summed E-state index contributed by atoms with van der Waals surface area (Å²) < 4.78 is 33.8. The number of hydrogen-bond donors (Lipinski definition) is 2. The summed E-state index contributed by atoms with van der Waals surface area (Å²) in [5, 5.41) is 8.78. The van der Waals surface area contributed by atoms with Crippen LogP contribution in [0.4, 0.5) is 5.69 Å².